The van der Waals surface area contributed by atoms with E-state index < -0.39 is 11.9 Å². The molecule has 12 heteroatoms. The van der Waals surface area contributed by atoms with Crippen LogP contribution in [0.4, 0.5) is 5.82 Å². The van der Waals surface area contributed by atoms with Gasteiger partial charge in [0.2, 0.25) is 5.91 Å². The second-order valence-corrected chi connectivity index (χ2v) is 12.7. The van der Waals surface area contributed by atoms with Gasteiger partial charge in [-0.1, -0.05) is 6.07 Å². The maximum atomic E-state index is 12.1. The van der Waals surface area contributed by atoms with Crippen LogP contribution in [0.15, 0.2) is 36.4 Å². The Morgan fingerprint density at radius 1 is 1.11 bits per heavy atom. The van der Waals surface area contributed by atoms with Crippen LogP contribution in [0.1, 0.15) is 59.8 Å². The number of aliphatic carboxylic acids is 1. The first-order valence-electron chi connectivity index (χ1n) is 16.7. The van der Waals surface area contributed by atoms with Gasteiger partial charge in [-0.05, 0) is 93.8 Å². The van der Waals surface area contributed by atoms with E-state index in [2.05, 4.69) is 27.4 Å². The van der Waals surface area contributed by atoms with Gasteiger partial charge in [0.05, 0.1) is 37.6 Å². The molecule has 0 radical (unpaired) electrons. The first kappa shape index (κ1) is 34.3. The quantitative estimate of drug-likeness (QED) is 0.174. The van der Waals surface area contributed by atoms with E-state index in [4.69, 9.17) is 24.9 Å². The lowest BCUT2D eigenvalue weighted by Gasteiger charge is -2.24. The minimum absolute atomic E-state index is 0.0155. The molecule has 0 aliphatic carbocycles. The fraction of sp³-hybridized carbons (Fsp3) is 0.543. The number of rotatable bonds is 18. The zero-order chi connectivity index (χ0) is 33.2. The lowest BCUT2D eigenvalue weighted by Crippen LogP contribution is -2.28. The van der Waals surface area contributed by atoms with Crippen molar-refractivity contribution in [3.05, 3.63) is 64.6 Å². The van der Waals surface area contributed by atoms with Gasteiger partial charge in [0, 0.05) is 43.0 Å². The molecule has 1 aromatic carbocycles. The number of carbonyl (C=O) groups is 2. The number of nitrogens with two attached hydrogens (primary N) is 1. The molecular formula is C35H48N6O6. The van der Waals surface area contributed by atoms with Gasteiger partial charge in [-0.2, -0.15) is 5.10 Å². The van der Waals surface area contributed by atoms with Crippen molar-refractivity contribution in [2.45, 2.75) is 58.3 Å². The predicted molar refractivity (Wildman–Crippen MR) is 178 cm³/mol. The van der Waals surface area contributed by atoms with Crippen LogP contribution in [-0.4, -0.2) is 95.9 Å². The Balaban J connectivity index is 1.23. The van der Waals surface area contributed by atoms with Crippen LogP contribution >= 0.6 is 0 Å². The highest BCUT2D eigenvalue weighted by atomic mass is 16.5. The molecule has 1 saturated heterocycles. The van der Waals surface area contributed by atoms with Crippen LogP contribution in [-0.2, 0) is 31.9 Å². The number of aryl methyl sites for hydroxylation is 4. The SMILES string of the molecule is Cc1cc(C)n(-c2cc(OCCOCCOCC(N)=O)cc([C@H](CC(=O)O)CN3CC[C@@H](CCc4ccc5c(n4)NCCC5)C3)c2)n1. The second-order valence-electron chi connectivity index (χ2n) is 12.7. The van der Waals surface area contributed by atoms with Gasteiger partial charge < -0.3 is 35.3 Å². The van der Waals surface area contributed by atoms with Gasteiger partial charge in [0.25, 0.3) is 0 Å². The lowest BCUT2D eigenvalue weighted by atomic mass is 9.94. The molecule has 4 N–H and O–H groups in total. The number of likely N-dealkylation sites (tertiary alicyclic amines) is 1. The molecule has 2 atom stereocenters. The number of hydrogen-bond acceptors (Lipinski definition) is 9. The monoisotopic (exact) mass is 648 g/mol. The van der Waals surface area contributed by atoms with Crippen molar-refractivity contribution in [2.75, 3.05) is 64.5 Å². The summed E-state index contributed by atoms with van der Waals surface area (Å²) in [6, 6.07) is 12.3. The number of carboxylic acids is 1. The molecule has 12 nitrogen and oxygen atoms in total. The molecule has 0 saturated carbocycles. The molecule has 2 aromatic heterocycles. The third-order valence-corrected chi connectivity index (χ3v) is 8.78. The van der Waals surface area contributed by atoms with E-state index >= 15 is 0 Å². The molecule has 3 aromatic rings. The van der Waals surface area contributed by atoms with Crippen LogP contribution in [0.3, 0.4) is 0 Å². The van der Waals surface area contributed by atoms with Gasteiger partial charge in [-0.15, -0.1) is 0 Å². The topological polar surface area (TPSA) is 154 Å². The average molecular weight is 649 g/mol. The number of fused-ring (bicyclic) bond motifs is 1. The summed E-state index contributed by atoms with van der Waals surface area (Å²) in [5.41, 5.74) is 11.1. The number of hydrogen-bond donors (Lipinski definition) is 3. The number of aromatic nitrogens is 3. The largest absolute Gasteiger partial charge is 0.491 e. The van der Waals surface area contributed by atoms with E-state index in [0.717, 1.165) is 85.9 Å². The molecule has 2 aliphatic rings. The van der Waals surface area contributed by atoms with Crippen molar-refractivity contribution in [2.24, 2.45) is 11.7 Å². The van der Waals surface area contributed by atoms with Gasteiger partial charge in [-0.3, -0.25) is 9.59 Å². The summed E-state index contributed by atoms with van der Waals surface area (Å²) in [5, 5.41) is 18.0. The molecule has 1 amide bonds. The zero-order valence-electron chi connectivity index (χ0n) is 27.6. The Bertz CT molecular complexity index is 1510. The minimum atomic E-state index is -0.830. The smallest absolute Gasteiger partial charge is 0.304 e. The Morgan fingerprint density at radius 2 is 1.94 bits per heavy atom. The van der Waals surface area contributed by atoms with E-state index in [-0.39, 0.29) is 25.6 Å². The summed E-state index contributed by atoms with van der Waals surface area (Å²) in [6.45, 7) is 8.53. The fourth-order valence-corrected chi connectivity index (χ4v) is 6.53. The summed E-state index contributed by atoms with van der Waals surface area (Å²) in [5.74, 6) is 0.645. The van der Waals surface area contributed by atoms with Crippen molar-refractivity contribution in [1.29, 1.82) is 0 Å². The molecule has 0 bridgehead atoms. The molecule has 254 valence electrons. The molecule has 1 fully saturated rings. The zero-order valence-corrected chi connectivity index (χ0v) is 27.6. The summed E-state index contributed by atoms with van der Waals surface area (Å²) >= 11 is 0. The fourth-order valence-electron chi connectivity index (χ4n) is 6.53. The highest BCUT2D eigenvalue weighted by molar-refractivity contribution is 5.75. The van der Waals surface area contributed by atoms with Gasteiger partial charge in [0.15, 0.2) is 0 Å². The molecule has 5 rings (SSSR count). The van der Waals surface area contributed by atoms with Crippen molar-refractivity contribution in [1.82, 2.24) is 19.7 Å². The number of carbonyl (C=O) groups excluding carboxylic acids is 1. The van der Waals surface area contributed by atoms with E-state index in [1.165, 1.54) is 5.56 Å². The number of nitrogens with zero attached hydrogens (tertiary/aromatic N) is 4. The Hall–Kier alpha value is -4.00. The minimum Gasteiger partial charge on any atom is -0.491 e. The summed E-state index contributed by atoms with van der Waals surface area (Å²) in [4.78, 5) is 30.2. The van der Waals surface area contributed by atoms with Crippen LogP contribution in [0.5, 0.6) is 5.75 Å². The highest BCUT2D eigenvalue weighted by Crippen LogP contribution is 2.31. The van der Waals surface area contributed by atoms with Crippen molar-refractivity contribution in [3.8, 4) is 11.4 Å². The standard InChI is InChI=1S/C35H48N6O6/c1-24-16-25(2)41(39-24)31-17-28(18-32(20-31)47-15-14-45-12-13-46-23-33(36)42)29(19-34(43)44)22-40-11-9-26(21-40)5-7-30-8-6-27-4-3-10-37-35(27)38-30/h6,8,16-18,20,26,29H,3-5,7,9-15,19,21-23H2,1-2H3,(H2,36,42)(H,37,38)(H,43,44)/t26-,29-/m1/s1. The number of pyridine rings is 1. The molecule has 2 aliphatic heterocycles. The van der Waals surface area contributed by atoms with Gasteiger partial charge in [0.1, 0.15) is 24.8 Å². The van der Waals surface area contributed by atoms with Crippen LogP contribution in [0, 0.1) is 19.8 Å². The third kappa shape index (κ3) is 10.2. The van der Waals surface area contributed by atoms with E-state index in [1.54, 1.807) is 0 Å². The van der Waals surface area contributed by atoms with Crippen LogP contribution in [0.2, 0.25) is 0 Å². The maximum absolute atomic E-state index is 12.1. The number of amides is 1. The average Bonchev–Trinajstić information content (AvgIpc) is 3.64. The molecule has 47 heavy (non-hydrogen) atoms. The van der Waals surface area contributed by atoms with Crippen LogP contribution < -0.4 is 15.8 Å². The summed E-state index contributed by atoms with van der Waals surface area (Å²) in [6.07, 6.45) is 5.37. The van der Waals surface area contributed by atoms with E-state index in [9.17, 15) is 14.7 Å². The van der Waals surface area contributed by atoms with Crippen molar-refractivity contribution >= 4 is 17.7 Å². The number of anilines is 1. The molecule has 0 unspecified atom stereocenters. The van der Waals surface area contributed by atoms with Gasteiger partial charge >= 0.3 is 5.97 Å². The Morgan fingerprint density at radius 3 is 2.72 bits per heavy atom. The number of primary amides is 1. The van der Waals surface area contributed by atoms with Gasteiger partial charge in [-0.25, -0.2) is 9.67 Å². The van der Waals surface area contributed by atoms with Crippen molar-refractivity contribution in [3.63, 3.8) is 0 Å². The molecule has 4 heterocycles. The molecular weight excluding hydrogens is 600 g/mol. The second kappa shape index (κ2) is 16.7. The summed E-state index contributed by atoms with van der Waals surface area (Å²) in [7, 11) is 0. The van der Waals surface area contributed by atoms with Crippen LogP contribution in [0.25, 0.3) is 5.69 Å². The predicted octanol–water partition coefficient (Wildman–Crippen LogP) is 3.65. The normalized spacial score (nSPS) is 16.9. The first-order chi connectivity index (χ1) is 22.7. The van der Waals surface area contributed by atoms with E-state index in [1.807, 2.05) is 42.8 Å². The third-order valence-electron chi connectivity index (χ3n) is 8.78. The number of ether oxygens (including phenoxy) is 3. The summed E-state index contributed by atoms with van der Waals surface area (Å²) < 4.78 is 18.6. The first-order valence-corrected chi connectivity index (χ1v) is 16.7. The van der Waals surface area contributed by atoms with Crippen molar-refractivity contribution < 1.29 is 28.9 Å². The number of nitrogens with one attached hydrogen (secondary N) is 1. The Labute approximate surface area is 276 Å². The highest BCUT2D eigenvalue weighted by Gasteiger charge is 2.27. The number of benzene rings is 1. The van der Waals surface area contributed by atoms with E-state index in [0.29, 0.717) is 38.0 Å². The number of carboxylic acid groups (broad SMARTS) is 1. The Kier molecular flexibility index (Phi) is 12.2. The molecule has 0 spiro atoms. The maximum Gasteiger partial charge on any atom is 0.304 e. The lowest BCUT2D eigenvalue weighted by molar-refractivity contribution is -0.137.